The summed E-state index contributed by atoms with van der Waals surface area (Å²) >= 11 is 0. The molecule has 21 heavy (non-hydrogen) atoms. The van der Waals surface area contributed by atoms with E-state index in [4.69, 9.17) is 0 Å². The molecule has 124 valence electrons. The SMILES string of the molecule is Cl.Cl.O=C(CC1CCCN1)N1CCN(C2CCCC2)CC1. The van der Waals surface area contributed by atoms with Crippen LogP contribution in [0.15, 0.2) is 0 Å². The summed E-state index contributed by atoms with van der Waals surface area (Å²) < 4.78 is 0. The number of hydrogen-bond acceptors (Lipinski definition) is 3. The number of rotatable bonds is 3. The predicted molar refractivity (Wildman–Crippen MR) is 90.5 cm³/mol. The molecule has 6 heteroatoms. The Morgan fingerprint density at radius 3 is 2.19 bits per heavy atom. The molecule has 1 amide bonds. The Balaban J connectivity index is 0.00000110. The Hall–Kier alpha value is -0.0300. The zero-order chi connectivity index (χ0) is 13.1. The molecule has 0 radical (unpaired) electrons. The summed E-state index contributed by atoms with van der Waals surface area (Å²) in [6.45, 7) is 5.17. The zero-order valence-electron chi connectivity index (χ0n) is 12.8. The molecule has 1 N–H and O–H groups in total. The van der Waals surface area contributed by atoms with Gasteiger partial charge in [-0.2, -0.15) is 0 Å². The van der Waals surface area contributed by atoms with Crippen LogP contribution in [0.5, 0.6) is 0 Å². The third kappa shape index (κ3) is 4.98. The van der Waals surface area contributed by atoms with E-state index in [-0.39, 0.29) is 24.8 Å². The summed E-state index contributed by atoms with van der Waals surface area (Å²) in [5, 5.41) is 3.42. The average molecular weight is 338 g/mol. The molecule has 3 rings (SSSR count). The number of hydrogen-bond donors (Lipinski definition) is 1. The van der Waals surface area contributed by atoms with E-state index in [9.17, 15) is 4.79 Å². The van der Waals surface area contributed by atoms with Crippen molar-refractivity contribution in [3.63, 3.8) is 0 Å². The molecule has 4 nitrogen and oxygen atoms in total. The van der Waals surface area contributed by atoms with Crippen molar-refractivity contribution in [1.82, 2.24) is 15.1 Å². The quantitative estimate of drug-likeness (QED) is 0.856. The van der Waals surface area contributed by atoms with Gasteiger partial charge in [-0.05, 0) is 32.2 Å². The van der Waals surface area contributed by atoms with Gasteiger partial charge in [-0.3, -0.25) is 9.69 Å². The van der Waals surface area contributed by atoms with Crippen LogP contribution in [-0.4, -0.2) is 60.5 Å². The minimum Gasteiger partial charge on any atom is -0.340 e. The van der Waals surface area contributed by atoms with Gasteiger partial charge >= 0.3 is 0 Å². The van der Waals surface area contributed by atoms with Crippen LogP contribution >= 0.6 is 24.8 Å². The normalized spacial score (nSPS) is 27.2. The van der Waals surface area contributed by atoms with Crippen molar-refractivity contribution in [2.24, 2.45) is 0 Å². The third-order valence-corrected chi connectivity index (χ3v) is 5.09. The average Bonchev–Trinajstić information content (AvgIpc) is 3.12. The number of carbonyl (C=O) groups is 1. The second-order valence-electron chi connectivity index (χ2n) is 6.35. The third-order valence-electron chi connectivity index (χ3n) is 5.09. The van der Waals surface area contributed by atoms with Crippen LogP contribution in [0.4, 0.5) is 0 Å². The fourth-order valence-corrected chi connectivity index (χ4v) is 3.88. The maximum atomic E-state index is 12.2. The van der Waals surface area contributed by atoms with E-state index in [0.29, 0.717) is 18.4 Å². The molecular formula is C15H29Cl2N3O. The minimum absolute atomic E-state index is 0. The van der Waals surface area contributed by atoms with Crippen LogP contribution < -0.4 is 5.32 Å². The molecule has 0 bridgehead atoms. The van der Waals surface area contributed by atoms with Gasteiger partial charge in [-0.15, -0.1) is 24.8 Å². The molecule has 1 atom stereocenters. The Bertz CT molecular complexity index is 310. The second-order valence-corrected chi connectivity index (χ2v) is 6.35. The fraction of sp³-hybridized carbons (Fsp3) is 0.933. The van der Waals surface area contributed by atoms with Crippen LogP contribution in [0.2, 0.25) is 0 Å². The molecule has 0 aromatic heterocycles. The topological polar surface area (TPSA) is 35.6 Å². The Morgan fingerprint density at radius 2 is 1.62 bits per heavy atom. The van der Waals surface area contributed by atoms with Gasteiger partial charge in [0, 0.05) is 44.7 Å². The number of piperazine rings is 1. The summed E-state index contributed by atoms with van der Waals surface area (Å²) in [4.78, 5) is 17.0. The van der Waals surface area contributed by atoms with Gasteiger partial charge in [0.2, 0.25) is 5.91 Å². The van der Waals surface area contributed by atoms with E-state index >= 15 is 0 Å². The van der Waals surface area contributed by atoms with Gasteiger partial charge in [0.1, 0.15) is 0 Å². The smallest absolute Gasteiger partial charge is 0.224 e. The van der Waals surface area contributed by atoms with Crippen molar-refractivity contribution in [3.05, 3.63) is 0 Å². The van der Waals surface area contributed by atoms with E-state index in [2.05, 4.69) is 15.1 Å². The molecule has 1 aliphatic carbocycles. The highest BCUT2D eigenvalue weighted by Crippen LogP contribution is 2.24. The minimum atomic E-state index is 0. The lowest BCUT2D eigenvalue weighted by Gasteiger charge is -2.38. The molecule has 0 aromatic rings. The van der Waals surface area contributed by atoms with Gasteiger partial charge in [-0.25, -0.2) is 0 Å². The summed E-state index contributed by atoms with van der Waals surface area (Å²) in [6, 6.07) is 1.26. The zero-order valence-corrected chi connectivity index (χ0v) is 14.4. The van der Waals surface area contributed by atoms with Crippen molar-refractivity contribution in [3.8, 4) is 0 Å². The van der Waals surface area contributed by atoms with E-state index in [1.165, 1.54) is 38.5 Å². The Kier molecular flexibility index (Phi) is 8.32. The molecule has 3 fully saturated rings. The summed E-state index contributed by atoms with van der Waals surface area (Å²) in [6.07, 6.45) is 8.67. The Labute approximate surface area is 140 Å². The lowest BCUT2D eigenvalue weighted by atomic mass is 10.1. The number of carbonyl (C=O) groups excluding carboxylic acids is 1. The summed E-state index contributed by atoms with van der Waals surface area (Å²) in [5.74, 6) is 0.366. The number of nitrogens with zero attached hydrogens (tertiary/aromatic N) is 2. The monoisotopic (exact) mass is 337 g/mol. The van der Waals surface area contributed by atoms with E-state index in [1.54, 1.807) is 0 Å². The number of nitrogens with one attached hydrogen (secondary N) is 1. The number of halogens is 2. The highest BCUT2D eigenvalue weighted by molar-refractivity contribution is 5.85. The van der Waals surface area contributed by atoms with Gasteiger partial charge < -0.3 is 10.2 Å². The van der Waals surface area contributed by atoms with Gasteiger partial charge in [0.25, 0.3) is 0 Å². The number of amides is 1. The first-order valence-electron chi connectivity index (χ1n) is 8.08. The van der Waals surface area contributed by atoms with Crippen LogP contribution in [0, 0.1) is 0 Å². The maximum Gasteiger partial charge on any atom is 0.224 e. The molecular weight excluding hydrogens is 309 g/mol. The van der Waals surface area contributed by atoms with Crippen LogP contribution in [0.1, 0.15) is 44.9 Å². The van der Waals surface area contributed by atoms with Crippen molar-refractivity contribution >= 4 is 30.7 Å². The van der Waals surface area contributed by atoms with Gasteiger partial charge in [0.05, 0.1) is 0 Å². The molecule has 0 spiro atoms. The first-order chi connectivity index (χ1) is 9.33. The van der Waals surface area contributed by atoms with Gasteiger partial charge in [0.15, 0.2) is 0 Å². The van der Waals surface area contributed by atoms with Crippen molar-refractivity contribution in [2.75, 3.05) is 32.7 Å². The predicted octanol–water partition coefficient (Wildman–Crippen LogP) is 2.06. The second kappa shape index (κ2) is 9.19. The van der Waals surface area contributed by atoms with E-state index < -0.39 is 0 Å². The van der Waals surface area contributed by atoms with Crippen LogP contribution in [0.3, 0.4) is 0 Å². The molecule has 1 unspecified atom stereocenters. The first-order valence-corrected chi connectivity index (χ1v) is 8.08. The van der Waals surface area contributed by atoms with E-state index in [1.807, 2.05) is 0 Å². The highest BCUT2D eigenvalue weighted by Gasteiger charge is 2.28. The molecule has 2 aliphatic heterocycles. The lowest BCUT2D eigenvalue weighted by Crippen LogP contribution is -2.52. The molecule has 2 saturated heterocycles. The highest BCUT2D eigenvalue weighted by atomic mass is 35.5. The van der Waals surface area contributed by atoms with E-state index in [0.717, 1.165) is 38.8 Å². The maximum absolute atomic E-state index is 12.2. The fourth-order valence-electron chi connectivity index (χ4n) is 3.88. The van der Waals surface area contributed by atoms with Crippen molar-refractivity contribution in [2.45, 2.75) is 57.0 Å². The van der Waals surface area contributed by atoms with Crippen LogP contribution in [0.25, 0.3) is 0 Å². The molecule has 3 aliphatic rings. The Morgan fingerprint density at radius 1 is 0.952 bits per heavy atom. The summed E-state index contributed by atoms with van der Waals surface area (Å²) in [7, 11) is 0. The standard InChI is InChI=1S/C15H27N3O.2ClH/c19-15(12-13-4-3-7-16-13)18-10-8-17(9-11-18)14-5-1-2-6-14;;/h13-14,16H,1-12H2;2*1H. The largest absolute Gasteiger partial charge is 0.340 e. The van der Waals surface area contributed by atoms with Crippen molar-refractivity contribution in [1.29, 1.82) is 0 Å². The molecule has 0 aromatic carbocycles. The first kappa shape index (κ1) is 19.0. The van der Waals surface area contributed by atoms with Crippen molar-refractivity contribution < 1.29 is 4.79 Å². The van der Waals surface area contributed by atoms with Crippen LogP contribution in [-0.2, 0) is 4.79 Å². The molecule has 2 heterocycles. The van der Waals surface area contributed by atoms with Gasteiger partial charge in [-0.1, -0.05) is 12.8 Å². The lowest BCUT2D eigenvalue weighted by molar-refractivity contribution is -0.133. The summed E-state index contributed by atoms with van der Waals surface area (Å²) in [5.41, 5.74) is 0. The molecule has 1 saturated carbocycles.